The number of nitrogens with zero attached hydrogens (tertiary/aromatic N) is 3. The lowest BCUT2D eigenvalue weighted by Gasteiger charge is -2.18. The zero-order valence-electron chi connectivity index (χ0n) is 19.0. The smallest absolute Gasteiger partial charge is 0.253 e. The quantitative estimate of drug-likeness (QED) is 0.443. The van der Waals surface area contributed by atoms with Gasteiger partial charge in [-0.15, -0.1) is 11.8 Å². The van der Waals surface area contributed by atoms with Gasteiger partial charge in [-0.2, -0.15) is 4.98 Å². The fourth-order valence-electron chi connectivity index (χ4n) is 3.17. The molecule has 1 heterocycles. The van der Waals surface area contributed by atoms with Gasteiger partial charge in [0.15, 0.2) is 0 Å². The van der Waals surface area contributed by atoms with Crippen molar-refractivity contribution < 1.29 is 18.8 Å². The molecule has 174 valence electrons. The zero-order valence-corrected chi connectivity index (χ0v) is 19.9. The van der Waals surface area contributed by atoms with Crippen molar-refractivity contribution in [3.63, 3.8) is 0 Å². The Morgan fingerprint density at radius 3 is 2.48 bits per heavy atom. The van der Waals surface area contributed by atoms with E-state index in [9.17, 15) is 9.59 Å². The van der Waals surface area contributed by atoms with E-state index in [1.807, 2.05) is 45.0 Å². The lowest BCUT2D eigenvalue weighted by Crippen LogP contribution is -2.30. The summed E-state index contributed by atoms with van der Waals surface area (Å²) < 4.78 is 10.9. The predicted octanol–water partition coefficient (Wildman–Crippen LogP) is 4.49. The third-order valence-corrected chi connectivity index (χ3v) is 5.74. The normalized spacial score (nSPS) is 10.6. The number of ether oxygens (including phenoxy) is 1. The largest absolute Gasteiger partial charge is 0.493 e. The van der Waals surface area contributed by atoms with E-state index >= 15 is 0 Å². The van der Waals surface area contributed by atoms with Crippen LogP contribution in [0, 0.1) is 0 Å². The van der Waals surface area contributed by atoms with E-state index in [1.165, 1.54) is 11.8 Å². The molecule has 0 saturated heterocycles. The molecule has 1 N–H and O–H groups in total. The van der Waals surface area contributed by atoms with Crippen molar-refractivity contribution in [3.8, 4) is 17.1 Å². The lowest BCUT2D eigenvalue weighted by atomic mass is 10.2. The molecule has 0 atom stereocenters. The van der Waals surface area contributed by atoms with Gasteiger partial charge in [-0.25, -0.2) is 0 Å². The number of para-hydroxylation sites is 1. The Morgan fingerprint density at radius 1 is 1.06 bits per heavy atom. The lowest BCUT2D eigenvalue weighted by molar-refractivity contribution is -0.113. The van der Waals surface area contributed by atoms with Crippen molar-refractivity contribution in [2.75, 3.05) is 30.8 Å². The van der Waals surface area contributed by atoms with Gasteiger partial charge in [0.25, 0.3) is 5.91 Å². The summed E-state index contributed by atoms with van der Waals surface area (Å²) in [6.45, 7) is 7.67. The average Bonchev–Trinajstić information content (AvgIpc) is 3.29. The van der Waals surface area contributed by atoms with Crippen LogP contribution in [0.3, 0.4) is 0 Å². The van der Waals surface area contributed by atoms with Crippen LogP contribution in [-0.4, -0.2) is 52.3 Å². The molecule has 3 rings (SSSR count). The molecular weight excluding hydrogens is 440 g/mol. The van der Waals surface area contributed by atoms with Crippen LogP contribution in [0.2, 0.25) is 0 Å². The number of hydrogen-bond donors (Lipinski definition) is 1. The topological polar surface area (TPSA) is 97.6 Å². The minimum atomic E-state index is -0.149. The highest BCUT2D eigenvalue weighted by molar-refractivity contribution is 7.99. The van der Waals surface area contributed by atoms with Crippen LogP contribution < -0.4 is 10.1 Å². The Labute approximate surface area is 197 Å². The van der Waals surface area contributed by atoms with Crippen molar-refractivity contribution in [2.24, 2.45) is 0 Å². The highest BCUT2D eigenvalue weighted by Gasteiger charge is 2.15. The van der Waals surface area contributed by atoms with Crippen LogP contribution in [0.25, 0.3) is 11.4 Å². The van der Waals surface area contributed by atoms with Gasteiger partial charge in [0.1, 0.15) is 5.75 Å². The summed E-state index contributed by atoms with van der Waals surface area (Å²) in [5, 5.41) is 6.87. The summed E-state index contributed by atoms with van der Waals surface area (Å²) >= 11 is 1.37. The maximum Gasteiger partial charge on any atom is 0.253 e. The molecule has 0 saturated carbocycles. The fourth-order valence-corrected chi connectivity index (χ4v) is 3.82. The SMILES string of the molecule is CCOc1ccccc1-c1noc(CSCC(=O)Nc2ccc(C(=O)N(CC)CC)cc2)n1. The molecule has 2 amide bonds. The summed E-state index contributed by atoms with van der Waals surface area (Å²) in [4.78, 5) is 30.8. The summed E-state index contributed by atoms with van der Waals surface area (Å²) in [5.41, 5.74) is 2.01. The Balaban J connectivity index is 1.49. The number of thioether (sulfide) groups is 1. The summed E-state index contributed by atoms with van der Waals surface area (Å²) in [6.07, 6.45) is 0. The van der Waals surface area contributed by atoms with E-state index in [4.69, 9.17) is 9.26 Å². The van der Waals surface area contributed by atoms with Crippen LogP contribution in [0.5, 0.6) is 5.75 Å². The second-order valence-electron chi connectivity index (χ2n) is 7.04. The molecule has 0 unspecified atom stereocenters. The molecule has 0 aliphatic rings. The van der Waals surface area contributed by atoms with Gasteiger partial charge < -0.3 is 19.5 Å². The zero-order chi connectivity index (χ0) is 23.6. The molecule has 0 aliphatic heterocycles. The van der Waals surface area contributed by atoms with E-state index in [2.05, 4.69) is 15.5 Å². The van der Waals surface area contributed by atoms with Gasteiger partial charge in [0, 0.05) is 24.3 Å². The van der Waals surface area contributed by atoms with E-state index in [1.54, 1.807) is 29.2 Å². The van der Waals surface area contributed by atoms with Crippen LogP contribution in [0.15, 0.2) is 53.1 Å². The average molecular weight is 469 g/mol. The van der Waals surface area contributed by atoms with Crippen LogP contribution >= 0.6 is 11.8 Å². The van der Waals surface area contributed by atoms with Crippen molar-refractivity contribution in [1.82, 2.24) is 15.0 Å². The van der Waals surface area contributed by atoms with Gasteiger partial charge in [0.05, 0.1) is 23.7 Å². The molecule has 33 heavy (non-hydrogen) atoms. The minimum Gasteiger partial charge on any atom is -0.493 e. The molecule has 9 heteroatoms. The van der Waals surface area contributed by atoms with Crippen molar-refractivity contribution >= 4 is 29.3 Å². The molecular formula is C24H28N4O4S. The number of carbonyl (C=O) groups excluding carboxylic acids is 2. The number of carbonyl (C=O) groups is 2. The van der Waals surface area contributed by atoms with Crippen molar-refractivity contribution in [2.45, 2.75) is 26.5 Å². The first-order chi connectivity index (χ1) is 16.0. The number of nitrogens with one attached hydrogen (secondary N) is 1. The van der Waals surface area contributed by atoms with Gasteiger partial charge in [0.2, 0.25) is 17.6 Å². The molecule has 0 radical (unpaired) electrons. The summed E-state index contributed by atoms with van der Waals surface area (Å²) in [6, 6.07) is 14.4. The van der Waals surface area contributed by atoms with Crippen molar-refractivity contribution in [3.05, 3.63) is 60.0 Å². The van der Waals surface area contributed by atoms with E-state index in [0.29, 0.717) is 54.2 Å². The molecule has 0 bridgehead atoms. The van der Waals surface area contributed by atoms with Crippen molar-refractivity contribution in [1.29, 1.82) is 0 Å². The standard InChI is InChI=1S/C24H28N4O4S/c1-4-28(5-2)24(30)17-11-13-18(14-12-17)25-21(29)15-33-16-22-26-23(27-32-22)19-9-7-8-10-20(19)31-6-3/h7-14H,4-6,15-16H2,1-3H3,(H,25,29). The van der Waals surface area contributed by atoms with Gasteiger partial charge in [-0.05, 0) is 57.2 Å². The van der Waals surface area contributed by atoms with Crippen LogP contribution in [0.1, 0.15) is 37.0 Å². The first-order valence-electron chi connectivity index (χ1n) is 10.9. The minimum absolute atomic E-state index is 0.0174. The number of benzene rings is 2. The second kappa shape index (κ2) is 12.1. The first-order valence-corrected chi connectivity index (χ1v) is 12.0. The molecule has 1 aromatic heterocycles. The first kappa shape index (κ1) is 24.3. The van der Waals surface area contributed by atoms with Crippen LogP contribution in [0.4, 0.5) is 5.69 Å². The van der Waals surface area contributed by atoms with Gasteiger partial charge in [-0.1, -0.05) is 17.3 Å². The fraction of sp³-hybridized carbons (Fsp3) is 0.333. The Bertz CT molecular complexity index is 1060. The molecule has 0 fully saturated rings. The summed E-state index contributed by atoms with van der Waals surface area (Å²) in [5.74, 6) is 2.07. The number of amides is 2. The molecule has 2 aromatic carbocycles. The van der Waals surface area contributed by atoms with E-state index in [-0.39, 0.29) is 17.6 Å². The highest BCUT2D eigenvalue weighted by Crippen LogP contribution is 2.28. The number of anilines is 1. The molecule has 0 aliphatic carbocycles. The number of rotatable bonds is 11. The molecule has 8 nitrogen and oxygen atoms in total. The monoisotopic (exact) mass is 468 g/mol. The Hall–Kier alpha value is -3.33. The summed E-state index contributed by atoms with van der Waals surface area (Å²) in [7, 11) is 0. The van der Waals surface area contributed by atoms with E-state index < -0.39 is 0 Å². The number of hydrogen-bond acceptors (Lipinski definition) is 7. The third kappa shape index (κ3) is 6.58. The van der Waals surface area contributed by atoms with E-state index in [0.717, 1.165) is 5.56 Å². The molecule has 3 aromatic rings. The second-order valence-corrected chi connectivity index (χ2v) is 8.02. The third-order valence-electron chi connectivity index (χ3n) is 4.82. The Kier molecular flexibility index (Phi) is 8.88. The maximum atomic E-state index is 12.4. The molecule has 0 spiro atoms. The maximum absolute atomic E-state index is 12.4. The Morgan fingerprint density at radius 2 is 1.79 bits per heavy atom. The van der Waals surface area contributed by atoms with Gasteiger partial charge >= 0.3 is 0 Å². The number of aromatic nitrogens is 2. The predicted molar refractivity (Wildman–Crippen MR) is 129 cm³/mol. The van der Waals surface area contributed by atoms with Crippen LogP contribution in [-0.2, 0) is 10.5 Å². The highest BCUT2D eigenvalue weighted by atomic mass is 32.2. The van der Waals surface area contributed by atoms with Gasteiger partial charge in [-0.3, -0.25) is 9.59 Å².